The Morgan fingerprint density at radius 3 is 2.67 bits per heavy atom. The molecule has 0 radical (unpaired) electrons. The summed E-state index contributed by atoms with van der Waals surface area (Å²) in [5, 5.41) is 9.21. The lowest BCUT2D eigenvalue weighted by molar-refractivity contribution is 0.296. The molecule has 0 amide bonds. The number of aliphatic hydroxyl groups is 1. The van der Waals surface area contributed by atoms with Crippen molar-refractivity contribution in [1.82, 2.24) is 4.98 Å². The second-order valence-electron chi connectivity index (χ2n) is 4.15. The van der Waals surface area contributed by atoms with Crippen LogP contribution in [-0.4, -0.2) is 34.3 Å². The number of nitrogens with two attached hydrogens (primary N) is 1. The van der Waals surface area contributed by atoms with Gasteiger partial charge >= 0.3 is 0 Å². The Morgan fingerprint density at radius 1 is 1.50 bits per heavy atom. The predicted octanol–water partition coefficient (Wildman–Crippen LogP) is 1.70. The Bertz CT molecular complexity index is 394. The van der Waals surface area contributed by atoms with Crippen molar-refractivity contribution < 1.29 is 5.11 Å². The summed E-state index contributed by atoms with van der Waals surface area (Å²) in [4.78, 5) is 6.62. The minimum absolute atomic E-state index is 0.126. The summed E-state index contributed by atoms with van der Waals surface area (Å²) in [6.45, 7) is 5.02. The Morgan fingerprint density at radius 2 is 2.17 bits per heavy atom. The van der Waals surface area contributed by atoms with Gasteiger partial charge in [-0.25, -0.2) is 0 Å². The summed E-state index contributed by atoms with van der Waals surface area (Å²) in [6, 6.07) is 4.21. The van der Waals surface area contributed by atoms with Crippen LogP contribution in [0, 0.1) is 0 Å². The quantitative estimate of drug-likeness (QED) is 0.736. The maximum atomic E-state index is 9.21. The highest BCUT2D eigenvalue weighted by atomic mass is 32.1. The van der Waals surface area contributed by atoms with Crippen LogP contribution in [0.2, 0.25) is 0 Å². The molecule has 0 bridgehead atoms. The maximum Gasteiger partial charge on any atom is 0.122 e. The molecule has 1 aromatic rings. The Labute approximate surface area is 114 Å². The van der Waals surface area contributed by atoms with Gasteiger partial charge in [-0.15, -0.1) is 0 Å². The van der Waals surface area contributed by atoms with Crippen molar-refractivity contribution in [2.24, 2.45) is 5.73 Å². The monoisotopic (exact) mass is 267 g/mol. The van der Waals surface area contributed by atoms with E-state index in [0.29, 0.717) is 23.3 Å². The molecule has 0 aliphatic heterocycles. The summed E-state index contributed by atoms with van der Waals surface area (Å²) >= 11 is 4.94. The first-order valence-electron chi connectivity index (χ1n) is 6.27. The van der Waals surface area contributed by atoms with Crippen LogP contribution in [0.15, 0.2) is 18.3 Å². The molecule has 0 saturated carbocycles. The van der Waals surface area contributed by atoms with Gasteiger partial charge in [-0.2, -0.15) is 0 Å². The van der Waals surface area contributed by atoms with Gasteiger partial charge in [-0.1, -0.05) is 26.1 Å². The zero-order chi connectivity index (χ0) is 13.5. The van der Waals surface area contributed by atoms with Crippen molar-refractivity contribution in [3.63, 3.8) is 0 Å². The van der Waals surface area contributed by atoms with Gasteiger partial charge in [0.1, 0.15) is 4.99 Å². The van der Waals surface area contributed by atoms with Crippen molar-refractivity contribution in [2.75, 3.05) is 18.1 Å². The van der Waals surface area contributed by atoms with Crippen LogP contribution in [0.25, 0.3) is 0 Å². The SMILES string of the molecule is CCC(CC)N(CCO)c1ccnc(C(N)=S)c1. The predicted molar refractivity (Wildman–Crippen MR) is 78.9 cm³/mol. The van der Waals surface area contributed by atoms with E-state index in [1.807, 2.05) is 12.1 Å². The average Bonchev–Trinajstić information content (AvgIpc) is 2.39. The van der Waals surface area contributed by atoms with Crippen LogP contribution in [0.1, 0.15) is 32.4 Å². The summed E-state index contributed by atoms with van der Waals surface area (Å²) < 4.78 is 0. The van der Waals surface area contributed by atoms with Crippen molar-refractivity contribution >= 4 is 22.9 Å². The topological polar surface area (TPSA) is 62.4 Å². The molecular weight excluding hydrogens is 246 g/mol. The molecule has 0 aromatic carbocycles. The second kappa shape index (κ2) is 7.28. The van der Waals surface area contributed by atoms with Crippen LogP contribution in [0.4, 0.5) is 5.69 Å². The number of thiocarbonyl (C=S) groups is 1. The van der Waals surface area contributed by atoms with Crippen LogP contribution >= 0.6 is 12.2 Å². The van der Waals surface area contributed by atoms with E-state index >= 15 is 0 Å². The number of pyridine rings is 1. The van der Waals surface area contributed by atoms with Crippen LogP contribution < -0.4 is 10.6 Å². The minimum Gasteiger partial charge on any atom is -0.395 e. The lowest BCUT2D eigenvalue weighted by Crippen LogP contribution is -2.37. The minimum atomic E-state index is 0.126. The third-order valence-corrected chi connectivity index (χ3v) is 3.26. The van der Waals surface area contributed by atoms with Crippen LogP contribution in [-0.2, 0) is 0 Å². The first kappa shape index (κ1) is 14.9. The summed E-state index contributed by atoms with van der Waals surface area (Å²) in [6.07, 6.45) is 3.76. The van der Waals surface area contributed by atoms with Crippen molar-refractivity contribution in [2.45, 2.75) is 32.7 Å². The maximum absolute atomic E-state index is 9.21. The number of aromatic nitrogens is 1. The molecule has 0 aliphatic carbocycles. The highest BCUT2D eigenvalue weighted by molar-refractivity contribution is 7.80. The van der Waals surface area contributed by atoms with E-state index in [0.717, 1.165) is 18.5 Å². The Balaban J connectivity index is 3.04. The standard InChI is InChI=1S/C13H21N3OS/c1-3-10(4-2)16(7-8-17)11-5-6-15-12(9-11)13(14)18/h5-6,9-10,17H,3-4,7-8H2,1-2H3,(H2,14,18). The van der Waals surface area contributed by atoms with Gasteiger partial charge in [0, 0.05) is 24.5 Å². The van der Waals surface area contributed by atoms with Crippen LogP contribution in [0.5, 0.6) is 0 Å². The molecule has 0 spiro atoms. The van der Waals surface area contributed by atoms with Gasteiger partial charge in [0.25, 0.3) is 0 Å². The van der Waals surface area contributed by atoms with Crippen molar-refractivity contribution in [3.8, 4) is 0 Å². The van der Waals surface area contributed by atoms with Crippen LogP contribution in [0.3, 0.4) is 0 Å². The van der Waals surface area contributed by atoms with Gasteiger partial charge in [0.15, 0.2) is 0 Å². The molecule has 4 nitrogen and oxygen atoms in total. The first-order valence-corrected chi connectivity index (χ1v) is 6.68. The Kier molecular flexibility index (Phi) is 6.01. The van der Waals surface area contributed by atoms with Gasteiger partial charge in [0.05, 0.1) is 12.3 Å². The Hall–Kier alpha value is -1.20. The molecule has 0 saturated heterocycles. The molecule has 3 N–H and O–H groups in total. The number of anilines is 1. The molecule has 0 atom stereocenters. The van der Waals surface area contributed by atoms with E-state index in [4.69, 9.17) is 18.0 Å². The van der Waals surface area contributed by atoms with E-state index in [-0.39, 0.29) is 6.61 Å². The first-order chi connectivity index (χ1) is 8.63. The molecule has 0 aliphatic rings. The fourth-order valence-electron chi connectivity index (χ4n) is 2.09. The van der Waals surface area contributed by atoms with E-state index in [9.17, 15) is 5.11 Å². The van der Waals surface area contributed by atoms with E-state index < -0.39 is 0 Å². The molecule has 100 valence electrons. The van der Waals surface area contributed by atoms with E-state index in [2.05, 4.69) is 23.7 Å². The van der Waals surface area contributed by atoms with Gasteiger partial charge in [-0.05, 0) is 25.0 Å². The molecule has 1 rings (SSSR count). The molecule has 0 fully saturated rings. The smallest absolute Gasteiger partial charge is 0.122 e. The summed E-state index contributed by atoms with van der Waals surface area (Å²) in [7, 11) is 0. The van der Waals surface area contributed by atoms with Gasteiger partial charge in [0.2, 0.25) is 0 Å². The van der Waals surface area contributed by atoms with E-state index in [1.165, 1.54) is 0 Å². The number of hydrogen-bond acceptors (Lipinski definition) is 4. The van der Waals surface area contributed by atoms with E-state index in [1.54, 1.807) is 6.20 Å². The lowest BCUT2D eigenvalue weighted by Gasteiger charge is -2.32. The summed E-state index contributed by atoms with van der Waals surface area (Å²) in [5.41, 5.74) is 7.23. The number of hydrogen-bond donors (Lipinski definition) is 2. The largest absolute Gasteiger partial charge is 0.395 e. The average molecular weight is 267 g/mol. The molecule has 1 aromatic heterocycles. The fraction of sp³-hybridized carbons (Fsp3) is 0.538. The second-order valence-corrected chi connectivity index (χ2v) is 4.59. The normalized spacial score (nSPS) is 10.7. The molecule has 18 heavy (non-hydrogen) atoms. The van der Waals surface area contributed by atoms with Crippen molar-refractivity contribution in [1.29, 1.82) is 0 Å². The lowest BCUT2D eigenvalue weighted by atomic mass is 10.1. The third-order valence-electron chi connectivity index (χ3n) is 3.05. The molecule has 5 heteroatoms. The fourth-order valence-corrected chi connectivity index (χ4v) is 2.20. The molecule has 1 heterocycles. The number of rotatable bonds is 7. The van der Waals surface area contributed by atoms with Crippen molar-refractivity contribution in [3.05, 3.63) is 24.0 Å². The van der Waals surface area contributed by atoms with Gasteiger partial charge < -0.3 is 15.7 Å². The van der Waals surface area contributed by atoms with Gasteiger partial charge in [-0.3, -0.25) is 4.98 Å². The molecule has 0 unspecified atom stereocenters. The number of nitrogens with zero attached hydrogens (tertiary/aromatic N) is 2. The third kappa shape index (κ3) is 3.65. The number of aliphatic hydroxyl groups excluding tert-OH is 1. The molecular formula is C13H21N3OS. The highest BCUT2D eigenvalue weighted by Crippen LogP contribution is 2.20. The zero-order valence-electron chi connectivity index (χ0n) is 11.0. The zero-order valence-corrected chi connectivity index (χ0v) is 11.8. The summed E-state index contributed by atoms with van der Waals surface area (Å²) in [5.74, 6) is 0. The highest BCUT2D eigenvalue weighted by Gasteiger charge is 2.16.